The molecule has 0 radical (unpaired) electrons. The second-order valence-corrected chi connectivity index (χ2v) is 6.21. The second kappa shape index (κ2) is 5.31. The number of rotatable bonds is 6. The highest BCUT2D eigenvalue weighted by atomic mass is 32.2. The average Bonchev–Trinajstić information content (AvgIpc) is 2.53. The van der Waals surface area contributed by atoms with E-state index in [1.807, 2.05) is 0 Å². The standard InChI is InChI=1S/C10H16N2O4S/c1-3-5-11-8-9(13)12(10(11)14)6-7-17(15,16)4-2/h3H,1,4-8H2,2H3. The van der Waals surface area contributed by atoms with Gasteiger partial charge in [-0.05, 0) is 0 Å². The van der Waals surface area contributed by atoms with Gasteiger partial charge < -0.3 is 4.90 Å². The molecule has 7 heteroatoms. The van der Waals surface area contributed by atoms with Crippen LogP contribution in [0.25, 0.3) is 0 Å². The van der Waals surface area contributed by atoms with Crippen LogP contribution in [0.4, 0.5) is 4.79 Å². The molecule has 96 valence electrons. The minimum absolute atomic E-state index is 0.00295. The Morgan fingerprint density at radius 2 is 2.06 bits per heavy atom. The molecule has 1 saturated heterocycles. The Kier molecular flexibility index (Phi) is 4.28. The molecule has 0 N–H and O–H groups in total. The summed E-state index contributed by atoms with van der Waals surface area (Å²) in [4.78, 5) is 25.5. The summed E-state index contributed by atoms with van der Waals surface area (Å²) < 4.78 is 22.6. The SMILES string of the molecule is C=CCN1CC(=O)N(CCS(=O)(=O)CC)C1=O. The molecule has 0 bridgehead atoms. The zero-order valence-corrected chi connectivity index (χ0v) is 10.6. The van der Waals surface area contributed by atoms with Crippen LogP contribution in [0, 0.1) is 0 Å². The van der Waals surface area contributed by atoms with Crippen LogP contribution in [0.5, 0.6) is 0 Å². The molecular formula is C10H16N2O4S. The number of nitrogens with zero attached hydrogens (tertiary/aromatic N) is 2. The van der Waals surface area contributed by atoms with E-state index in [4.69, 9.17) is 0 Å². The van der Waals surface area contributed by atoms with E-state index >= 15 is 0 Å². The van der Waals surface area contributed by atoms with Gasteiger partial charge in [-0.3, -0.25) is 9.69 Å². The van der Waals surface area contributed by atoms with Gasteiger partial charge in [-0.1, -0.05) is 13.0 Å². The number of carbonyl (C=O) groups excluding carboxylic acids is 2. The first-order chi connectivity index (χ1) is 7.91. The molecule has 1 aliphatic rings. The van der Waals surface area contributed by atoms with Gasteiger partial charge in [0.25, 0.3) is 0 Å². The number of sulfone groups is 1. The topological polar surface area (TPSA) is 74.8 Å². The summed E-state index contributed by atoms with van der Waals surface area (Å²) in [5.41, 5.74) is 0. The van der Waals surface area contributed by atoms with Crippen molar-refractivity contribution in [3.05, 3.63) is 12.7 Å². The van der Waals surface area contributed by atoms with Crippen molar-refractivity contribution in [3.8, 4) is 0 Å². The van der Waals surface area contributed by atoms with Crippen LogP contribution in [-0.4, -0.2) is 61.3 Å². The van der Waals surface area contributed by atoms with Crippen LogP contribution in [0.1, 0.15) is 6.92 Å². The third-order valence-electron chi connectivity index (χ3n) is 2.54. The smallest absolute Gasteiger partial charge is 0.311 e. The van der Waals surface area contributed by atoms with Crippen molar-refractivity contribution in [1.82, 2.24) is 9.80 Å². The lowest BCUT2D eigenvalue weighted by atomic mass is 10.5. The molecule has 1 fully saturated rings. The Labute approximate surface area is 101 Å². The van der Waals surface area contributed by atoms with Crippen molar-refractivity contribution in [2.45, 2.75) is 6.92 Å². The van der Waals surface area contributed by atoms with Gasteiger partial charge in [0, 0.05) is 18.8 Å². The molecule has 0 aromatic heterocycles. The first-order valence-electron chi connectivity index (χ1n) is 5.32. The number of carbonyl (C=O) groups is 2. The fourth-order valence-electron chi connectivity index (χ4n) is 1.49. The minimum atomic E-state index is -3.17. The van der Waals surface area contributed by atoms with Crippen LogP contribution in [0.2, 0.25) is 0 Å². The minimum Gasteiger partial charge on any atom is -0.311 e. The largest absolute Gasteiger partial charge is 0.327 e. The highest BCUT2D eigenvalue weighted by Crippen LogP contribution is 2.10. The van der Waals surface area contributed by atoms with Gasteiger partial charge >= 0.3 is 6.03 Å². The molecule has 1 heterocycles. The molecule has 0 aromatic rings. The molecule has 6 nitrogen and oxygen atoms in total. The van der Waals surface area contributed by atoms with Gasteiger partial charge in [-0.2, -0.15) is 0 Å². The van der Waals surface area contributed by atoms with Crippen molar-refractivity contribution in [3.63, 3.8) is 0 Å². The number of urea groups is 1. The average molecular weight is 260 g/mol. The van der Waals surface area contributed by atoms with E-state index in [0.717, 1.165) is 4.90 Å². The molecule has 0 spiro atoms. The maximum Gasteiger partial charge on any atom is 0.327 e. The normalized spacial score (nSPS) is 16.8. The summed E-state index contributed by atoms with van der Waals surface area (Å²) in [5, 5.41) is 0. The van der Waals surface area contributed by atoms with Crippen molar-refractivity contribution in [2.75, 3.05) is 31.1 Å². The molecule has 1 rings (SSSR count). The Morgan fingerprint density at radius 3 is 2.59 bits per heavy atom. The van der Waals surface area contributed by atoms with Gasteiger partial charge in [0.15, 0.2) is 9.84 Å². The molecule has 1 aliphatic heterocycles. The van der Waals surface area contributed by atoms with Crippen molar-refractivity contribution < 1.29 is 18.0 Å². The molecular weight excluding hydrogens is 244 g/mol. The fraction of sp³-hybridized carbons (Fsp3) is 0.600. The van der Waals surface area contributed by atoms with Gasteiger partial charge in [0.2, 0.25) is 5.91 Å². The quantitative estimate of drug-likeness (QED) is 0.492. The molecule has 0 atom stereocenters. The maximum absolute atomic E-state index is 11.7. The fourth-order valence-corrected chi connectivity index (χ4v) is 2.24. The van der Waals surface area contributed by atoms with Crippen LogP contribution in [0.3, 0.4) is 0 Å². The summed E-state index contributed by atoms with van der Waals surface area (Å²) in [7, 11) is -3.17. The molecule has 17 heavy (non-hydrogen) atoms. The molecule has 3 amide bonds. The summed E-state index contributed by atoms with van der Waals surface area (Å²) in [6.07, 6.45) is 1.53. The van der Waals surface area contributed by atoms with E-state index in [-0.39, 0.29) is 30.5 Å². The van der Waals surface area contributed by atoms with Gasteiger partial charge in [-0.25, -0.2) is 13.2 Å². The Hall–Kier alpha value is -1.37. The highest BCUT2D eigenvalue weighted by Gasteiger charge is 2.35. The third kappa shape index (κ3) is 3.29. The van der Waals surface area contributed by atoms with E-state index in [1.165, 1.54) is 17.9 Å². The Bertz CT molecular complexity index is 430. The monoisotopic (exact) mass is 260 g/mol. The van der Waals surface area contributed by atoms with Crippen molar-refractivity contribution in [1.29, 1.82) is 0 Å². The zero-order valence-electron chi connectivity index (χ0n) is 9.76. The van der Waals surface area contributed by atoms with Crippen LogP contribution in [-0.2, 0) is 14.6 Å². The summed E-state index contributed by atoms with van der Waals surface area (Å²) in [6, 6.07) is -0.443. The lowest BCUT2D eigenvalue weighted by Gasteiger charge is -2.15. The number of amides is 3. The maximum atomic E-state index is 11.7. The van der Waals surface area contributed by atoms with Crippen LogP contribution in [0.15, 0.2) is 12.7 Å². The third-order valence-corrected chi connectivity index (χ3v) is 4.23. The molecule has 0 unspecified atom stereocenters. The summed E-state index contributed by atoms with van der Waals surface area (Å²) >= 11 is 0. The number of hydrogen-bond donors (Lipinski definition) is 0. The van der Waals surface area contributed by atoms with E-state index < -0.39 is 15.9 Å². The zero-order chi connectivity index (χ0) is 13.1. The van der Waals surface area contributed by atoms with Crippen LogP contribution < -0.4 is 0 Å². The van der Waals surface area contributed by atoms with Gasteiger partial charge in [0.05, 0.1) is 5.75 Å². The molecule has 0 aromatic carbocycles. The summed E-state index contributed by atoms with van der Waals surface area (Å²) in [5.74, 6) is -0.522. The van der Waals surface area contributed by atoms with Crippen molar-refractivity contribution >= 4 is 21.8 Å². The second-order valence-electron chi connectivity index (χ2n) is 3.73. The van der Waals surface area contributed by atoms with Crippen LogP contribution >= 0.6 is 0 Å². The van der Waals surface area contributed by atoms with E-state index in [2.05, 4.69) is 6.58 Å². The Morgan fingerprint density at radius 1 is 1.41 bits per heavy atom. The van der Waals surface area contributed by atoms with Gasteiger partial charge in [-0.15, -0.1) is 6.58 Å². The first-order valence-corrected chi connectivity index (χ1v) is 7.14. The van der Waals surface area contributed by atoms with E-state index in [1.54, 1.807) is 0 Å². The van der Waals surface area contributed by atoms with E-state index in [0.29, 0.717) is 6.54 Å². The molecule has 0 saturated carbocycles. The lowest BCUT2D eigenvalue weighted by Crippen LogP contribution is -2.36. The first kappa shape index (κ1) is 13.7. The predicted molar refractivity (Wildman–Crippen MR) is 63.2 cm³/mol. The Balaban J connectivity index is 2.63. The number of imide groups is 1. The summed E-state index contributed by atoms with van der Waals surface area (Å²) in [6.45, 7) is 5.24. The highest BCUT2D eigenvalue weighted by molar-refractivity contribution is 7.91. The van der Waals surface area contributed by atoms with Gasteiger partial charge in [0.1, 0.15) is 6.54 Å². The number of hydrogen-bond acceptors (Lipinski definition) is 4. The van der Waals surface area contributed by atoms with E-state index in [9.17, 15) is 18.0 Å². The molecule has 0 aliphatic carbocycles. The predicted octanol–water partition coefficient (Wildman–Crippen LogP) is -0.129. The lowest BCUT2D eigenvalue weighted by molar-refractivity contribution is -0.125. The van der Waals surface area contributed by atoms with Crippen molar-refractivity contribution in [2.24, 2.45) is 0 Å².